The van der Waals surface area contributed by atoms with E-state index in [0.717, 1.165) is 35.2 Å². The van der Waals surface area contributed by atoms with Crippen LogP contribution in [0.1, 0.15) is 23.6 Å². The number of guanidine groups is 1. The van der Waals surface area contributed by atoms with E-state index in [9.17, 15) is 4.39 Å². The molecule has 0 spiro atoms. The molecule has 1 aliphatic rings. The summed E-state index contributed by atoms with van der Waals surface area (Å²) in [6, 6.07) is 5.02. The highest BCUT2D eigenvalue weighted by Crippen LogP contribution is 2.15. The Morgan fingerprint density at radius 2 is 2.26 bits per heavy atom. The highest BCUT2D eigenvalue weighted by molar-refractivity contribution is 14.0. The molecule has 148 valence electrons. The Hall–Kier alpha value is -1.27. The summed E-state index contributed by atoms with van der Waals surface area (Å²) in [5.41, 5.74) is 0.839. The molecule has 10 heteroatoms. The third kappa shape index (κ3) is 6.11. The Bertz CT molecular complexity index is 779. The van der Waals surface area contributed by atoms with Gasteiger partial charge >= 0.3 is 0 Å². The van der Waals surface area contributed by atoms with E-state index >= 15 is 0 Å². The molecule has 3 rings (SSSR count). The largest absolute Gasteiger partial charge is 0.377 e. The second-order valence-corrected chi connectivity index (χ2v) is 7.06. The van der Waals surface area contributed by atoms with Gasteiger partial charge < -0.3 is 15.4 Å². The summed E-state index contributed by atoms with van der Waals surface area (Å²) in [4.78, 5) is 8.74. The van der Waals surface area contributed by atoms with Gasteiger partial charge in [0.15, 0.2) is 11.8 Å². The first-order valence-electron chi connectivity index (χ1n) is 8.41. The van der Waals surface area contributed by atoms with Gasteiger partial charge in [0, 0.05) is 37.6 Å². The molecule has 2 N–H and O–H groups in total. The zero-order chi connectivity index (χ0) is 18.5. The molecule has 0 bridgehead atoms. The van der Waals surface area contributed by atoms with Crippen LogP contribution in [-0.2, 0) is 30.9 Å². The molecule has 0 fully saturated rings. The van der Waals surface area contributed by atoms with Gasteiger partial charge in [-0.2, -0.15) is 5.10 Å². The number of hydrogen-bond donors (Lipinski definition) is 2. The van der Waals surface area contributed by atoms with Crippen LogP contribution in [0, 0.1) is 5.82 Å². The average Bonchev–Trinajstić information content (AvgIpc) is 2.99. The molecule has 0 aliphatic carbocycles. The van der Waals surface area contributed by atoms with E-state index in [4.69, 9.17) is 4.74 Å². The molecule has 0 saturated heterocycles. The van der Waals surface area contributed by atoms with Gasteiger partial charge in [0.25, 0.3) is 0 Å². The quantitative estimate of drug-likeness (QED) is 0.339. The molecule has 0 saturated carbocycles. The summed E-state index contributed by atoms with van der Waals surface area (Å²) < 4.78 is 21.2. The Morgan fingerprint density at radius 3 is 2.96 bits per heavy atom. The number of methoxy groups -OCH3 is 1. The maximum atomic E-state index is 13.5. The number of halogens is 3. The topological polar surface area (TPSA) is 76.4 Å². The van der Waals surface area contributed by atoms with Crippen molar-refractivity contribution in [3.05, 3.63) is 45.7 Å². The predicted molar refractivity (Wildman–Crippen MR) is 116 cm³/mol. The molecule has 2 aromatic rings. The first-order chi connectivity index (χ1) is 12.6. The summed E-state index contributed by atoms with van der Waals surface area (Å²) in [6.45, 7) is 1.62. The van der Waals surface area contributed by atoms with Crippen LogP contribution in [0.2, 0.25) is 0 Å². The van der Waals surface area contributed by atoms with Gasteiger partial charge in [-0.15, -0.1) is 24.0 Å². The maximum Gasteiger partial charge on any atom is 0.191 e. The fourth-order valence-electron chi connectivity index (χ4n) is 2.96. The summed E-state index contributed by atoms with van der Waals surface area (Å²) >= 11 is 3.31. The van der Waals surface area contributed by atoms with Crippen molar-refractivity contribution in [2.24, 2.45) is 4.99 Å². The minimum absolute atomic E-state index is 0. The lowest BCUT2D eigenvalue weighted by Crippen LogP contribution is -2.46. The number of benzene rings is 1. The molecular weight excluding hydrogens is 530 g/mol. The van der Waals surface area contributed by atoms with E-state index in [2.05, 4.69) is 41.6 Å². The van der Waals surface area contributed by atoms with E-state index in [0.29, 0.717) is 24.9 Å². The number of rotatable bonds is 5. The van der Waals surface area contributed by atoms with E-state index < -0.39 is 0 Å². The zero-order valence-electron chi connectivity index (χ0n) is 15.2. The SMILES string of the molecule is CN=C(NCc1cc(F)cc(Br)c1)NC1CCc2nc(COC)nn2C1.I. The van der Waals surface area contributed by atoms with Crippen LogP contribution in [-0.4, -0.2) is 40.9 Å². The fourth-order valence-corrected chi connectivity index (χ4v) is 3.47. The van der Waals surface area contributed by atoms with Crippen molar-refractivity contribution < 1.29 is 9.13 Å². The minimum Gasteiger partial charge on any atom is -0.377 e. The molecular formula is C17H23BrFIN6O. The molecule has 1 aliphatic heterocycles. The van der Waals surface area contributed by atoms with Crippen molar-refractivity contribution in [2.75, 3.05) is 14.2 Å². The van der Waals surface area contributed by atoms with Crippen molar-refractivity contribution in [3.8, 4) is 0 Å². The van der Waals surface area contributed by atoms with E-state index in [-0.39, 0.29) is 35.8 Å². The molecule has 0 radical (unpaired) electrons. The van der Waals surface area contributed by atoms with E-state index in [1.807, 2.05) is 10.7 Å². The highest BCUT2D eigenvalue weighted by atomic mass is 127. The number of ether oxygens (including phenoxy) is 1. The summed E-state index contributed by atoms with van der Waals surface area (Å²) in [5, 5.41) is 11.1. The monoisotopic (exact) mass is 552 g/mol. The Balaban J connectivity index is 0.00000261. The van der Waals surface area contributed by atoms with Gasteiger partial charge in [0.2, 0.25) is 0 Å². The summed E-state index contributed by atoms with van der Waals surface area (Å²) in [7, 11) is 3.36. The number of hydrogen-bond acceptors (Lipinski definition) is 4. The standard InChI is InChI=1S/C17H22BrFN6O.HI/c1-20-17(21-8-11-5-12(18)7-13(19)6-11)22-14-3-4-16-23-15(10-26-2)24-25(16)9-14;/h5-7,14H,3-4,8-10H2,1-2H3,(H2,20,21,22);1H. The lowest BCUT2D eigenvalue weighted by atomic mass is 10.1. The molecule has 0 amide bonds. The first kappa shape index (κ1) is 22.0. The van der Waals surface area contributed by atoms with Gasteiger partial charge in [-0.1, -0.05) is 15.9 Å². The van der Waals surface area contributed by atoms with Crippen LogP contribution in [0.5, 0.6) is 0 Å². The fraction of sp³-hybridized carbons (Fsp3) is 0.471. The molecule has 1 unspecified atom stereocenters. The number of aromatic nitrogens is 3. The van der Waals surface area contributed by atoms with Gasteiger partial charge in [0.05, 0.1) is 6.54 Å². The van der Waals surface area contributed by atoms with Crippen LogP contribution in [0.3, 0.4) is 0 Å². The molecule has 27 heavy (non-hydrogen) atoms. The molecule has 7 nitrogen and oxygen atoms in total. The van der Waals surface area contributed by atoms with Gasteiger partial charge in [0.1, 0.15) is 18.2 Å². The second kappa shape index (κ2) is 10.3. The lowest BCUT2D eigenvalue weighted by Gasteiger charge is -2.25. The highest BCUT2D eigenvalue weighted by Gasteiger charge is 2.22. The van der Waals surface area contributed by atoms with Gasteiger partial charge in [-0.05, 0) is 30.2 Å². The average molecular weight is 553 g/mol. The Morgan fingerprint density at radius 1 is 1.44 bits per heavy atom. The zero-order valence-corrected chi connectivity index (χ0v) is 19.1. The van der Waals surface area contributed by atoms with Crippen LogP contribution >= 0.6 is 39.9 Å². The Kier molecular flexibility index (Phi) is 8.42. The van der Waals surface area contributed by atoms with E-state index in [1.165, 1.54) is 12.1 Å². The van der Waals surface area contributed by atoms with Crippen molar-refractivity contribution in [1.29, 1.82) is 0 Å². The van der Waals surface area contributed by atoms with Crippen LogP contribution < -0.4 is 10.6 Å². The summed E-state index contributed by atoms with van der Waals surface area (Å²) in [5.74, 6) is 2.11. The number of nitrogens with zero attached hydrogens (tertiary/aromatic N) is 4. The van der Waals surface area contributed by atoms with Crippen LogP contribution in [0.15, 0.2) is 27.7 Å². The number of aliphatic imine (C=N–C) groups is 1. The number of fused-ring (bicyclic) bond motifs is 1. The van der Waals surface area contributed by atoms with Crippen LogP contribution in [0.25, 0.3) is 0 Å². The second-order valence-electron chi connectivity index (χ2n) is 6.14. The predicted octanol–water partition coefficient (Wildman–Crippen LogP) is 2.62. The maximum absolute atomic E-state index is 13.5. The normalized spacial score (nSPS) is 16.4. The van der Waals surface area contributed by atoms with E-state index in [1.54, 1.807) is 14.2 Å². The first-order valence-corrected chi connectivity index (χ1v) is 9.20. The minimum atomic E-state index is -0.267. The third-order valence-corrected chi connectivity index (χ3v) is 4.58. The van der Waals surface area contributed by atoms with Crippen molar-refractivity contribution in [1.82, 2.24) is 25.4 Å². The van der Waals surface area contributed by atoms with Crippen LogP contribution in [0.4, 0.5) is 4.39 Å². The molecule has 1 aromatic heterocycles. The Labute approximate surface area is 183 Å². The van der Waals surface area contributed by atoms with Gasteiger partial charge in [-0.3, -0.25) is 4.99 Å². The summed E-state index contributed by atoms with van der Waals surface area (Å²) in [6.07, 6.45) is 1.79. The lowest BCUT2D eigenvalue weighted by molar-refractivity contribution is 0.177. The number of nitrogens with one attached hydrogen (secondary N) is 2. The third-order valence-electron chi connectivity index (χ3n) is 4.12. The molecule has 1 aromatic carbocycles. The van der Waals surface area contributed by atoms with Crippen molar-refractivity contribution in [3.63, 3.8) is 0 Å². The molecule has 1 atom stereocenters. The van der Waals surface area contributed by atoms with Crippen molar-refractivity contribution >= 4 is 45.9 Å². The smallest absolute Gasteiger partial charge is 0.191 e. The van der Waals surface area contributed by atoms with Gasteiger partial charge in [-0.25, -0.2) is 14.1 Å². The molecule has 2 heterocycles. The van der Waals surface area contributed by atoms with Crippen molar-refractivity contribution in [2.45, 2.75) is 38.6 Å². The number of aryl methyl sites for hydroxylation is 1.